The fraction of sp³-hybridized carbons (Fsp3) is 0.444. The lowest BCUT2D eigenvalue weighted by molar-refractivity contribution is -0.698. The van der Waals surface area contributed by atoms with Crippen molar-refractivity contribution < 1.29 is 33.5 Å². The van der Waals surface area contributed by atoms with E-state index in [0.717, 1.165) is 0 Å². The van der Waals surface area contributed by atoms with Gasteiger partial charge in [0.1, 0.15) is 0 Å². The maximum absolute atomic E-state index is 11.5. The highest BCUT2D eigenvalue weighted by Gasteiger charge is 2.51. The summed E-state index contributed by atoms with van der Waals surface area (Å²) in [4.78, 5) is 29.4. The first kappa shape index (κ1) is 15.5. The predicted octanol–water partition coefficient (Wildman–Crippen LogP) is -0.544. The number of rotatable bonds is 5. The van der Waals surface area contributed by atoms with Gasteiger partial charge in [-0.25, -0.2) is 4.57 Å². The Kier molecular flexibility index (Phi) is 4.49. The Labute approximate surface area is 104 Å². The van der Waals surface area contributed by atoms with Crippen LogP contribution in [0.5, 0.6) is 0 Å². The summed E-state index contributed by atoms with van der Waals surface area (Å²) in [6.45, 7) is 0.673. The van der Waals surface area contributed by atoms with Crippen molar-refractivity contribution in [3.05, 3.63) is 30.6 Å². The molecule has 0 amide bonds. The van der Waals surface area contributed by atoms with E-state index in [1.165, 1.54) is 4.57 Å². The summed E-state index contributed by atoms with van der Waals surface area (Å²) < 4.78 is 24.1. The van der Waals surface area contributed by atoms with Gasteiger partial charge >= 0.3 is 0 Å². The molecule has 0 saturated heterocycles. The average Bonchev–Trinajstić information content (AvgIpc) is 2.24. The van der Waals surface area contributed by atoms with Crippen molar-refractivity contribution >= 4 is 15.0 Å². The maximum atomic E-state index is 11.5. The van der Waals surface area contributed by atoms with Gasteiger partial charge in [0.15, 0.2) is 26.5 Å². The normalized spacial score (nSPS) is 21.6. The standard InChI is InChI=1S/C9H15NO6P2/c1-17(12,13)9(11,18(14,15)16)5-8-10-6-3-2-4-7-10/h2-4,6-7,11H,5,8H2,1H3,(H2-,12,13,14,15,16). The fourth-order valence-corrected chi connectivity index (χ4v) is 4.22. The fourth-order valence-electron chi connectivity index (χ4n) is 1.45. The molecule has 1 aromatic rings. The Hall–Kier alpha value is -0.550. The second-order valence-electron chi connectivity index (χ2n) is 4.04. The molecule has 18 heavy (non-hydrogen) atoms. The summed E-state index contributed by atoms with van der Waals surface area (Å²) in [6.07, 6.45) is 2.63. The number of nitrogens with zero attached hydrogens (tertiary/aromatic N) is 1. The molecule has 0 radical (unpaired) electrons. The van der Waals surface area contributed by atoms with Crippen molar-refractivity contribution in [2.45, 2.75) is 18.0 Å². The van der Waals surface area contributed by atoms with Crippen LogP contribution in [0.4, 0.5) is 0 Å². The van der Waals surface area contributed by atoms with E-state index < -0.39 is 26.5 Å². The maximum Gasteiger partial charge on any atom is 0.237 e. The SMILES string of the molecule is CP(=O)(O)C(O)(CC[n+]1ccccc1)P(=O)([O-])O. The Morgan fingerprint density at radius 1 is 1.22 bits per heavy atom. The number of pyridine rings is 1. The van der Waals surface area contributed by atoms with Gasteiger partial charge in [0.25, 0.3) is 0 Å². The van der Waals surface area contributed by atoms with Crippen molar-refractivity contribution in [3.8, 4) is 0 Å². The smallest absolute Gasteiger partial charge is 0.237 e. The van der Waals surface area contributed by atoms with E-state index in [-0.39, 0.29) is 6.54 Å². The Bertz CT molecular complexity index is 471. The Balaban J connectivity index is 2.96. The van der Waals surface area contributed by atoms with Crippen LogP contribution in [-0.4, -0.2) is 26.6 Å². The molecule has 1 rings (SSSR count). The van der Waals surface area contributed by atoms with Crippen LogP contribution in [0.25, 0.3) is 0 Å². The Morgan fingerprint density at radius 3 is 2.11 bits per heavy atom. The molecule has 0 fully saturated rings. The lowest BCUT2D eigenvalue weighted by Gasteiger charge is -2.36. The van der Waals surface area contributed by atoms with E-state index in [1.54, 1.807) is 30.6 Å². The number of hydrogen-bond donors (Lipinski definition) is 3. The highest BCUT2D eigenvalue weighted by molar-refractivity contribution is 7.74. The number of aromatic nitrogens is 1. The summed E-state index contributed by atoms with van der Waals surface area (Å²) in [6, 6.07) is 5.10. The highest BCUT2D eigenvalue weighted by atomic mass is 31.2. The van der Waals surface area contributed by atoms with Crippen LogP contribution < -0.4 is 9.46 Å². The minimum absolute atomic E-state index is 0.0253. The lowest BCUT2D eigenvalue weighted by Crippen LogP contribution is -2.41. The van der Waals surface area contributed by atoms with Crippen LogP contribution in [0.3, 0.4) is 0 Å². The number of hydrogen-bond acceptors (Lipinski definition) is 4. The van der Waals surface area contributed by atoms with Gasteiger partial charge in [-0.1, -0.05) is 6.07 Å². The van der Waals surface area contributed by atoms with Gasteiger partial charge in [0.05, 0.1) is 6.42 Å². The first-order valence-electron chi connectivity index (χ1n) is 5.09. The first-order chi connectivity index (χ1) is 8.08. The van der Waals surface area contributed by atoms with Crippen molar-refractivity contribution in [2.24, 2.45) is 0 Å². The summed E-state index contributed by atoms with van der Waals surface area (Å²) in [7, 11) is -9.80. The third kappa shape index (κ3) is 3.26. The largest absolute Gasteiger partial charge is 0.776 e. The molecule has 0 aromatic carbocycles. The van der Waals surface area contributed by atoms with Gasteiger partial charge in [-0.05, 0) is 0 Å². The molecule has 0 aliphatic heterocycles. The number of aryl methyl sites for hydroxylation is 1. The van der Waals surface area contributed by atoms with Crippen molar-refractivity contribution in [3.63, 3.8) is 0 Å². The van der Waals surface area contributed by atoms with Crippen LogP contribution in [0.2, 0.25) is 0 Å². The molecule has 102 valence electrons. The lowest BCUT2D eigenvalue weighted by atomic mass is 10.4. The van der Waals surface area contributed by atoms with Gasteiger partial charge in [-0.15, -0.1) is 0 Å². The zero-order valence-corrected chi connectivity index (χ0v) is 11.5. The average molecular weight is 295 g/mol. The van der Waals surface area contributed by atoms with Crippen LogP contribution in [-0.2, 0) is 15.7 Å². The summed E-state index contributed by atoms with van der Waals surface area (Å²) >= 11 is 0. The summed E-state index contributed by atoms with van der Waals surface area (Å²) in [5.41, 5.74) is 0. The minimum atomic E-state index is -5.37. The van der Waals surface area contributed by atoms with E-state index in [4.69, 9.17) is 4.89 Å². The molecule has 3 atom stereocenters. The zero-order chi connectivity index (χ0) is 14.0. The molecule has 0 aliphatic rings. The predicted molar refractivity (Wildman–Crippen MR) is 61.8 cm³/mol. The van der Waals surface area contributed by atoms with Gasteiger partial charge < -0.3 is 24.4 Å². The molecule has 1 heterocycles. The number of aliphatic hydroxyl groups is 1. The Morgan fingerprint density at radius 2 is 1.72 bits per heavy atom. The van der Waals surface area contributed by atoms with E-state index >= 15 is 0 Å². The van der Waals surface area contributed by atoms with E-state index in [9.17, 15) is 24.0 Å². The summed E-state index contributed by atoms with van der Waals surface area (Å²) in [5, 5.41) is 6.77. The molecule has 3 unspecified atom stereocenters. The van der Waals surface area contributed by atoms with Gasteiger partial charge in [-0.2, -0.15) is 0 Å². The van der Waals surface area contributed by atoms with Crippen molar-refractivity contribution in [2.75, 3.05) is 6.66 Å². The van der Waals surface area contributed by atoms with Gasteiger partial charge in [0, 0.05) is 18.8 Å². The molecule has 0 saturated carbocycles. The molecule has 9 heteroatoms. The van der Waals surface area contributed by atoms with Gasteiger partial charge in [0.2, 0.25) is 12.5 Å². The van der Waals surface area contributed by atoms with Crippen LogP contribution >= 0.6 is 15.0 Å². The van der Waals surface area contributed by atoms with Crippen LogP contribution in [0, 0.1) is 0 Å². The molecular formula is C9H15NO6P2. The molecule has 7 nitrogen and oxygen atoms in total. The molecule has 3 N–H and O–H groups in total. The molecule has 0 aliphatic carbocycles. The first-order valence-corrected chi connectivity index (χ1v) is 8.77. The van der Waals surface area contributed by atoms with Crippen molar-refractivity contribution in [1.82, 2.24) is 0 Å². The zero-order valence-electron chi connectivity index (χ0n) is 9.71. The molecule has 0 bridgehead atoms. The van der Waals surface area contributed by atoms with E-state index in [2.05, 4.69) is 0 Å². The second-order valence-corrected chi connectivity index (χ2v) is 8.67. The third-order valence-corrected chi connectivity index (χ3v) is 7.15. The summed E-state index contributed by atoms with van der Waals surface area (Å²) in [5.74, 6) is 0. The minimum Gasteiger partial charge on any atom is -0.776 e. The van der Waals surface area contributed by atoms with E-state index in [1.807, 2.05) is 0 Å². The van der Waals surface area contributed by atoms with Gasteiger partial charge in [-0.3, -0.25) is 4.57 Å². The topological polar surface area (TPSA) is 122 Å². The van der Waals surface area contributed by atoms with E-state index in [0.29, 0.717) is 6.66 Å². The third-order valence-electron chi connectivity index (χ3n) is 2.60. The molecular weight excluding hydrogens is 280 g/mol. The quantitative estimate of drug-likeness (QED) is 0.495. The molecule has 0 spiro atoms. The van der Waals surface area contributed by atoms with Crippen LogP contribution in [0.15, 0.2) is 30.6 Å². The highest BCUT2D eigenvalue weighted by Crippen LogP contribution is 2.67. The molecule has 1 aromatic heterocycles. The van der Waals surface area contributed by atoms with Crippen LogP contribution in [0.1, 0.15) is 6.42 Å². The monoisotopic (exact) mass is 295 g/mol. The second kappa shape index (κ2) is 5.21. The van der Waals surface area contributed by atoms with Crippen molar-refractivity contribution in [1.29, 1.82) is 0 Å².